The van der Waals surface area contributed by atoms with Crippen LogP contribution in [0.5, 0.6) is 5.75 Å². The number of nitrogens with zero attached hydrogens (tertiary/aromatic N) is 4. The van der Waals surface area contributed by atoms with E-state index in [1.54, 1.807) is 38.3 Å². The van der Waals surface area contributed by atoms with Crippen molar-refractivity contribution >= 4 is 34.6 Å². The van der Waals surface area contributed by atoms with Crippen LogP contribution in [0.4, 0.5) is 5.69 Å². The molecular formula is C12H13N5O2S. The first-order valence-electron chi connectivity index (χ1n) is 5.76. The third-order valence-corrected chi connectivity index (χ3v) is 2.82. The summed E-state index contributed by atoms with van der Waals surface area (Å²) in [5.74, 6) is 0.260. The number of methoxy groups -OCH3 is 1. The van der Waals surface area contributed by atoms with Crippen LogP contribution < -0.4 is 10.5 Å². The molecule has 2 N–H and O–H groups in total. The van der Waals surface area contributed by atoms with Gasteiger partial charge in [0.1, 0.15) is 5.75 Å². The molecule has 7 nitrogen and oxygen atoms in total. The number of rotatable bonds is 3. The van der Waals surface area contributed by atoms with Gasteiger partial charge in [-0.1, -0.05) is 6.07 Å². The van der Waals surface area contributed by atoms with E-state index in [0.717, 1.165) is 5.01 Å². The number of benzene rings is 1. The average Bonchev–Trinajstić information content (AvgIpc) is 2.72. The first kappa shape index (κ1) is 14.1. The topological polar surface area (TPSA) is 92.6 Å². The SMILES string of the molecule is COc1cccc(N=N[C@@H]2C(=O)N(C(N)=S)N=C2C)c1. The first-order valence-corrected chi connectivity index (χ1v) is 6.17. The summed E-state index contributed by atoms with van der Waals surface area (Å²) in [6, 6.07) is 6.25. The Kier molecular flexibility index (Phi) is 4.04. The van der Waals surface area contributed by atoms with Crippen molar-refractivity contribution in [1.82, 2.24) is 5.01 Å². The number of carbonyl (C=O) groups is 1. The van der Waals surface area contributed by atoms with Gasteiger partial charge >= 0.3 is 0 Å². The average molecular weight is 291 g/mol. The second-order valence-corrected chi connectivity index (χ2v) is 4.47. The van der Waals surface area contributed by atoms with E-state index in [2.05, 4.69) is 15.3 Å². The molecule has 1 heterocycles. The highest BCUT2D eigenvalue weighted by Crippen LogP contribution is 2.21. The fourth-order valence-electron chi connectivity index (χ4n) is 1.64. The van der Waals surface area contributed by atoms with E-state index in [1.165, 1.54) is 0 Å². The van der Waals surface area contributed by atoms with Gasteiger partial charge in [-0.25, -0.2) is 0 Å². The molecule has 0 aromatic heterocycles. The molecule has 104 valence electrons. The molecule has 0 saturated carbocycles. The second kappa shape index (κ2) is 5.74. The van der Waals surface area contributed by atoms with Gasteiger partial charge in [0, 0.05) is 6.07 Å². The number of azo groups is 1. The Balaban J connectivity index is 2.17. The molecule has 1 aliphatic heterocycles. The fraction of sp³-hybridized carbons (Fsp3) is 0.250. The quantitative estimate of drug-likeness (QED) is 0.676. The number of hydrazone groups is 1. The molecular weight excluding hydrogens is 278 g/mol. The number of thiocarbonyl (C=S) groups is 1. The van der Waals surface area contributed by atoms with Crippen LogP contribution in [0.3, 0.4) is 0 Å². The van der Waals surface area contributed by atoms with Gasteiger partial charge in [-0.05, 0) is 31.3 Å². The normalized spacial score (nSPS) is 18.5. The Hall–Kier alpha value is -2.35. The van der Waals surface area contributed by atoms with Gasteiger partial charge in [-0.15, -0.1) is 0 Å². The Labute approximate surface area is 121 Å². The smallest absolute Gasteiger partial charge is 0.282 e. The van der Waals surface area contributed by atoms with E-state index in [1.807, 2.05) is 0 Å². The summed E-state index contributed by atoms with van der Waals surface area (Å²) >= 11 is 4.74. The Morgan fingerprint density at radius 1 is 1.55 bits per heavy atom. The summed E-state index contributed by atoms with van der Waals surface area (Å²) in [7, 11) is 1.56. The number of carbonyl (C=O) groups excluding carboxylic acids is 1. The molecule has 0 saturated heterocycles. The maximum atomic E-state index is 12.0. The van der Waals surface area contributed by atoms with Crippen LogP contribution in [-0.4, -0.2) is 34.9 Å². The number of hydrogen-bond acceptors (Lipinski definition) is 6. The molecule has 8 heteroatoms. The summed E-state index contributed by atoms with van der Waals surface area (Å²) in [4.78, 5) is 12.0. The van der Waals surface area contributed by atoms with Gasteiger partial charge in [0.25, 0.3) is 5.91 Å². The second-order valence-electron chi connectivity index (χ2n) is 4.05. The molecule has 20 heavy (non-hydrogen) atoms. The van der Waals surface area contributed by atoms with Crippen LogP contribution in [-0.2, 0) is 4.79 Å². The third-order valence-electron chi connectivity index (χ3n) is 2.65. The van der Waals surface area contributed by atoms with E-state index in [0.29, 0.717) is 17.1 Å². The Morgan fingerprint density at radius 3 is 2.90 bits per heavy atom. The standard InChI is InChI=1S/C12H13N5O2S/c1-7-10(11(18)17(16-7)12(13)20)15-14-8-4-3-5-9(6-8)19-2/h3-6,10H,1-2H3,(H2,13,20)/t10-/m0/s1. The van der Waals surface area contributed by atoms with E-state index < -0.39 is 11.9 Å². The van der Waals surface area contributed by atoms with E-state index >= 15 is 0 Å². The predicted molar refractivity (Wildman–Crippen MR) is 78.0 cm³/mol. The lowest BCUT2D eigenvalue weighted by molar-refractivity contribution is -0.126. The minimum atomic E-state index is -0.789. The molecule has 1 aromatic carbocycles. The number of amides is 1. The molecule has 0 spiro atoms. The van der Waals surface area contributed by atoms with Crippen molar-refractivity contribution in [2.75, 3.05) is 7.11 Å². The third kappa shape index (κ3) is 2.80. The van der Waals surface area contributed by atoms with Crippen molar-refractivity contribution in [3.63, 3.8) is 0 Å². The van der Waals surface area contributed by atoms with Crippen LogP contribution in [0.1, 0.15) is 6.92 Å². The molecule has 0 radical (unpaired) electrons. The van der Waals surface area contributed by atoms with Crippen LogP contribution >= 0.6 is 12.2 Å². The molecule has 0 unspecified atom stereocenters. The van der Waals surface area contributed by atoms with Gasteiger partial charge in [-0.3, -0.25) is 4.79 Å². The molecule has 1 atom stereocenters. The van der Waals surface area contributed by atoms with Gasteiger partial charge in [0.05, 0.1) is 18.5 Å². The zero-order valence-corrected chi connectivity index (χ0v) is 11.8. The summed E-state index contributed by atoms with van der Waals surface area (Å²) < 4.78 is 5.08. The summed E-state index contributed by atoms with van der Waals surface area (Å²) in [6.45, 7) is 1.67. The van der Waals surface area contributed by atoms with Crippen molar-refractivity contribution in [1.29, 1.82) is 0 Å². The summed E-state index contributed by atoms with van der Waals surface area (Å²) in [5, 5.41) is 12.8. The lowest BCUT2D eigenvalue weighted by Crippen LogP contribution is -2.37. The molecule has 0 aliphatic carbocycles. The predicted octanol–water partition coefficient (Wildman–Crippen LogP) is 1.61. The minimum Gasteiger partial charge on any atom is -0.497 e. The molecule has 0 bridgehead atoms. The molecule has 0 fully saturated rings. The van der Waals surface area contributed by atoms with Gasteiger partial charge in [-0.2, -0.15) is 20.3 Å². The molecule has 1 aromatic rings. The zero-order chi connectivity index (χ0) is 14.7. The van der Waals surface area contributed by atoms with E-state index in [4.69, 9.17) is 22.7 Å². The minimum absolute atomic E-state index is 0.103. The van der Waals surface area contributed by atoms with Gasteiger partial charge in [0.15, 0.2) is 11.2 Å². The highest BCUT2D eigenvalue weighted by Gasteiger charge is 2.35. The van der Waals surface area contributed by atoms with Crippen LogP contribution in [0.2, 0.25) is 0 Å². The monoisotopic (exact) mass is 291 g/mol. The molecule has 2 rings (SSSR count). The maximum Gasteiger partial charge on any atom is 0.282 e. The van der Waals surface area contributed by atoms with Crippen LogP contribution in [0, 0.1) is 0 Å². The fourth-order valence-corrected chi connectivity index (χ4v) is 1.77. The van der Waals surface area contributed by atoms with Crippen molar-refractivity contribution in [2.24, 2.45) is 21.1 Å². The highest BCUT2D eigenvalue weighted by atomic mass is 32.1. The Bertz CT molecular complexity index is 614. The highest BCUT2D eigenvalue weighted by molar-refractivity contribution is 7.80. The first-order chi connectivity index (χ1) is 9.52. The summed E-state index contributed by atoms with van der Waals surface area (Å²) in [6.07, 6.45) is 0. The Morgan fingerprint density at radius 2 is 2.30 bits per heavy atom. The van der Waals surface area contributed by atoms with Gasteiger partial charge in [0.2, 0.25) is 0 Å². The van der Waals surface area contributed by atoms with Gasteiger partial charge < -0.3 is 10.5 Å². The summed E-state index contributed by atoms with van der Waals surface area (Å²) in [5.41, 5.74) is 6.48. The van der Waals surface area contributed by atoms with Crippen molar-refractivity contribution in [3.05, 3.63) is 24.3 Å². The lowest BCUT2D eigenvalue weighted by atomic mass is 10.2. The zero-order valence-electron chi connectivity index (χ0n) is 11.0. The van der Waals surface area contributed by atoms with Crippen molar-refractivity contribution in [2.45, 2.75) is 13.0 Å². The number of nitrogens with two attached hydrogens (primary N) is 1. The van der Waals surface area contributed by atoms with E-state index in [9.17, 15) is 4.79 Å². The number of hydrogen-bond donors (Lipinski definition) is 1. The van der Waals surface area contributed by atoms with E-state index in [-0.39, 0.29) is 5.11 Å². The molecule has 1 amide bonds. The number of ether oxygens (including phenoxy) is 1. The van der Waals surface area contributed by atoms with Crippen LogP contribution in [0.25, 0.3) is 0 Å². The van der Waals surface area contributed by atoms with Crippen LogP contribution in [0.15, 0.2) is 39.6 Å². The molecule has 1 aliphatic rings. The van der Waals surface area contributed by atoms with Crippen molar-refractivity contribution < 1.29 is 9.53 Å². The maximum absolute atomic E-state index is 12.0. The lowest BCUT2D eigenvalue weighted by Gasteiger charge is -2.08. The largest absolute Gasteiger partial charge is 0.497 e. The van der Waals surface area contributed by atoms with Crippen molar-refractivity contribution in [3.8, 4) is 5.75 Å².